The van der Waals surface area contributed by atoms with E-state index in [-0.39, 0.29) is 11.8 Å². The van der Waals surface area contributed by atoms with E-state index in [1.165, 1.54) is 5.69 Å². The Morgan fingerprint density at radius 1 is 0.846 bits per heavy atom. The molecule has 1 aliphatic heterocycles. The fourth-order valence-electron chi connectivity index (χ4n) is 3.11. The molecule has 0 aromatic heterocycles. The van der Waals surface area contributed by atoms with Gasteiger partial charge in [-0.2, -0.15) is 0 Å². The van der Waals surface area contributed by atoms with Crippen LogP contribution in [-0.2, 0) is 9.59 Å². The van der Waals surface area contributed by atoms with Crippen LogP contribution in [0.3, 0.4) is 0 Å². The number of hydrogen-bond acceptors (Lipinski definition) is 3. The molecule has 136 valence electrons. The van der Waals surface area contributed by atoms with Gasteiger partial charge in [0.1, 0.15) is 5.41 Å². The monoisotopic (exact) mass is 351 g/mol. The summed E-state index contributed by atoms with van der Waals surface area (Å²) < 4.78 is 0. The van der Waals surface area contributed by atoms with Crippen LogP contribution in [0.1, 0.15) is 13.8 Å². The number of para-hydroxylation sites is 2. The average molecular weight is 351 g/mol. The second-order valence-corrected chi connectivity index (χ2v) is 7.06. The number of hydrogen-bond donors (Lipinski definition) is 1. The van der Waals surface area contributed by atoms with E-state index in [2.05, 4.69) is 22.3 Å². The van der Waals surface area contributed by atoms with E-state index in [1.54, 1.807) is 18.7 Å². The third kappa shape index (κ3) is 3.87. The van der Waals surface area contributed by atoms with Crippen LogP contribution in [0.4, 0.5) is 11.4 Å². The molecule has 0 aliphatic carbocycles. The van der Waals surface area contributed by atoms with E-state index in [0.29, 0.717) is 18.8 Å². The molecule has 1 N–H and O–H groups in total. The van der Waals surface area contributed by atoms with E-state index < -0.39 is 5.41 Å². The van der Waals surface area contributed by atoms with Crippen LogP contribution in [0, 0.1) is 5.41 Å². The van der Waals surface area contributed by atoms with E-state index in [4.69, 9.17) is 0 Å². The Kier molecular flexibility index (Phi) is 5.26. The van der Waals surface area contributed by atoms with Crippen molar-refractivity contribution in [1.29, 1.82) is 0 Å². The third-order valence-corrected chi connectivity index (χ3v) is 4.82. The molecule has 26 heavy (non-hydrogen) atoms. The van der Waals surface area contributed by atoms with Crippen molar-refractivity contribution in [1.82, 2.24) is 4.90 Å². The smallest absolute Gasteiger partial charge is 0.239 e. The summed E-state index contributed by atoms with van der Waals surface area (Å²) in [7, 11) is 0. The van der Waals surface area contributed by atoms with Gasteiger partial charge in [-0.1, -0.05) is 36.4 Å². The highest BCUT2D eigenvalue weighted by molar-refractivity contribution is 6.09. The van der Waals surface area contributed by atoms with Gasteiger partial charge >= 0.3 is 0 Å². The fraction of sp³-hybridized carbons (Fsp3) is 0.333. The van der Waals surface area contributed by atoms with Crippen molar-refractivity contribution in [2.75, 3.05) is 36.4 Å². The molecule has 2 amide bonds. The SMILES string of the molecule is CC(C)(C(=O)Nc1ccccc1)C(=O)N1CCN(c2ccccc2)CC1. The normalized spacial score (nSPS) is 14.8. The first kappa shape index (κ1) is 18.0. The molecule has 1 heterocycles. The van der Waals surface area contributed by atoms with Crippen LogP contribution in [0.15, 0.2) is 60.7 Å². The zero-order valence-corrected chi connectivity index (χ0v) is 15.3. The first-order chi connectivity index (χ1) is 12.5. The van der Waals surface area contributed by atoms with E-state index >= 15 is 0 Å². The second kappa shape index (κ2) is 7.60. The molecular weight excluding hydrogens is 326 g/mol. The summed E-state index contributed by atoms with van der Waals surface area (Å²) in [6.07, 6.45) is 0. The first-order valence-corrected chi connectivity index (χ1v) is 8.94. The van der Waals surface area contributed by atoms with Crippen molar-refractivity contribution in [3.63, 3.8) is 0 Å². The predicted octanol–water partition coefficient (Wildman–Crippen LogP) is 3.00. The highest BCUT2D eigenvalue weighted by Crippen LogP contribution is 2.24. The quantitative estimate of drug-likeness (QED) is 0.862. The van der Waals surface area contributed by atoms with E-state index in [9.17, 15) is 9.59 Å². The van der Waals surface area contributed by atoms with Gasteiger partial charge in [0.25, 0.3) is 0 Å². The average Bonchev–Trinajstić information content (AvgIpc) is 2.69. The number of carbonyl (C=O) groups excluding carboxylic acids is 2. The highest BCUT2D eigenvalue weighted by Gasteiger charge is 2.40. The summed E-state index contributed by atoms with van der Waals surface area (Å²) in [5.41, 5.74) is 0.762. The minimum Gasteiger partial charge on any atom is -0.368 e. The molecule has 1 aliphatic rings. The van der Waals surface area contributed by atoms with Gasteiger partial charge < -0.3 is 15.1 Å². The molecule has 0 saturated carbocycles. The maximum atomic E-state index is 12.9. The molecule has 2 aromatic rings. The third-order valence-electron chi connectivity index (χ3n) is 4.82. The van der Waals surface area contributed by atoms with Gasteiger partial charge in [-0.25, -0.2) is 0 Å². The van der Waals surface area contributed by atoms with Gasteiger partial charge in [0.05, 0.1) is 0 Å². The molecule has 5 nitrogen and oxygen atoms in total. The number of amides is 2. The lowest BCUT2D eigenvalue weighted by Gasteiger charge is -2.39. The molecule has 2 aromatic carbocycles. The van der Waals surface area contributed by atoms with Crippen LogP contribution < -0.4 is 10.2 Å². The van der Waals surface area contributed by atoms with Gasteiger partial charge in [0, 0.05) is 37.6 Å². The Bertz CT molecular complexity index is 751. The van der Waals surface area contributed by atoms with Crippen molar-refractivity contribution in [3.05, 3.63) is 60.7 Å². The highest BCUT2D eigenvalue weighted by atomic mass is 16.2. The Hall–Kier alpha value is -2.82. The zero-order valence-electron chi connectivity index (χ0n) is 15.3. The fourth-order valence-corrected chi connectivity index (χ4v) is 3.11. The minimum atomic E-state index is -1.11. The number of piperazine rings is 1. The van der Waals surface area contributed by atoms with Crippen LogP contribution in [0.25, 0.3) is 0 Å². The molecule has 0 spiro atoms. The Morgan fingerprint density at radius 2 is 1.38 bits per heavy atom. The van der Waals surface area contributed by atoms with Crippen molar-refractivity contribution in [3.8, 4) is 0 Å². The van der Waals surface area contributed by atoms with Crippen LogP contribution in [0.5, 0.6) is 0 Å². The van der Waals surface area contributed by atoms with E-state index in [0.717, 1.165) is 13.1 Å². The molecule has 1 fully saturated rings. The molecule has 0 atom stereocenters. The maximum absolute atomic E-state index is 12.9. The summed E-state index contributed by atoms with van der Waals surface area (Å²) in [4.78, 5) is 29.6. The molecule has 0 unspecified atom stereocenters. The summed E-state index contributed by atoms with van der Waals surface area (Å²) in [5.74, 6) is -0.405. The number of nitrogens with one attached hydrogen (secondary N) is 1. The summed E-state index contributed by atoms with van der Waals surface area (Å²) in [5, 5.41) is 2.84. The molecule has 0 radical (unpaired) electrons. The summed E-state index contributed by atoms with van der Waals surface area (Å²) in [6, 6.07) is 19.4. The number of rotatable bonds is 4. The summed E-state index contributed by atoms with van der Waals surface area (Å²) >= 11 is 0. The van der Waals surface area contributed by atoms with Gasteiger partial charge in [-0.3, -0.25) is 9.59 Å². The van der Waals surface area contributed by atoms with Gasteiger partial charge in [0.2, 0.25) is 11.8 Å². The zero-order chi connectivity index (χ0) is 18.6. The van der Waals surface area contributed by atoms with Crippen LogP contribution in [0.2, 0.25) is 0 Å². The van der Waals surface area contributed by atoms with Gasteiger partial charge in [0.15, 0.2) is 0 Å². The Labute approximate surface area is 154 Å². The minimum absolute atomic E-state index is 0.126. The van der Waals surface area contributed by atoms with Gasteiger partial charge in [-0.05, 0) is 38.1 Å². The number of carbonyl (C=O) groups is 2. The number of anilines is 2. The number of benzene rings is 2. The molecule has 3 rings (SSSR count). The maximum Gasteiger partial charge on any atom is 0.239 e. The predicted molar refractivity (Wildman–Crippen MR) is 104 cm³/mol. The van der Waals surface area contributed by atoms with Crippen LogP contribution in [-0.4, -0.2) is 42.9 Å². The van der Waals surface area contributed by atoms with Crippen molar-refractivity contribution in [2.45, 2.75) is 13.8 Å². The largest absolute Gasteiger partial charge is 0.368 e. The Balaban J connectivity index is 1.60. The summed E-state index contributed by atoms with van der Waals surface area (Å²) in [6.45, 7) is 6.16. The molecule has 1 saturated heterocycles. The van der Waals surface area contributed by atoms with Crippen LogP contribution >= 0.6 is 0 Å². The molecular formula is C21H25N3O2. The van der Waals surface area contributed by atoms with Gasteiger partial charge in [-0.15, -0.1) is 0 Å². The lowest BCUT2D eigenvalue weighted by atomic mass is 9.89. The lowest BCUT2D eigenvalue weighted by Crippen LogP contribution is -2.54. The number of nitrogens with zero attached hydrogens (tertiary/aromatic N) is 2. The van der Waals surface area contributed by atoms with Crippen molar-refractivity contribution in [2.24, 2.45) is 5.41 Å². The topological polar surface area (TPSA) is 52.7 Å². The van der Waals surface area contributed by atoms with Crippen molar-refractivity contribution >= 4 is 23.2 Å². The molecule has 0 bridgehead atoms. The lowest BCUT2D eigenvalue weighted by molar-refractivity contribution is -0.146. The van der Waals surface area contributed by atoms with Crippen molar-refractivity contribution < 1.29 is 9.59 Å². The standard InChI is InChI=1S/C21H25N3O2/c1-21(2,19(25)22-17-9-5-3-6-10-17)20(26)24-15-13-23(14-16-24)18-11-7-4-8-12-18/h3-12H,13-16H2,1-2H3,(H,22,25). The van der Waals surface area contributed by atoms with E-state index in [1.807, 2.05) is 48.5 Å². The first-order valence-electron chi connectivity index (χ1n) is 8.94. The Morgan fingerprint density at radius 3 is 1.96 bits per heavy atom. The molecule has 5 heteroatoms. The second-order valence-electron chi connectivity index (χ2n) is 7.06.